The Balaban J connectivity index is 2.97. The lowest BCUT2D eigenvalue weighted by Crippen LogP contribution is -2.08. The van der Waals surface area contributed by atoms with Gasteiger partial charge in [-0.05, 0) is 12.1 Å². The molecule has 0 aliphatic heterocycles. The molecule has 15 heavy (non-hydrogen) atoms. The van der Waals surface area contributed by atoms with Gasteiger partial charge in [-0.25, -0.2) is 4.79 Å². The summed E-state index contributed by atoms with van der Waals surface area (Å²) in [6, 6.07) is 6.33. The van der Waals surface area contributed by atoms with E-state index in [0.717, 1.165) is 0 Å². The highest BCUT2D eigenvalue weighted by molar-refractivity contribution is 5.90. The molecule has 76 valence electrons. The predicted octanol–water partition coefficient (Wildman–Crippen LogP) is 0.612. The molecule has 0 radical (unpaired) electrons. The molecule has 1 amide bonds. The second kappa shape index (κ2) is 4.82. The number of carbonyl (C=O) groups excluding carboxylic acids is 1. The van der Waals surface area contributed by atoms with E-state index in [0.29, 0.717) is 5.56 Å². The molecule has 0 heterocycles. The minimum atomic E-state index is -1.04. The smallest absolute Gasteiger partial charge is 0.336 e. The number of hydrogen-bond acceptors (Lipinski definition) is 2. The Morgan fingerprint density at radius 1 is 1.33 bits per heavy atom. The fraction of sp³-hybridized carbons (Fsp3) is 0.0909. The van der Waals surface area contributed by atoms with E-state index in [-0.39, 0.29) is 12.0 Å². The van der Waals surface area contributed by atoms with Gasteiger partial charge in [-0.15, -0.1) is 0 Å². The van der Waals surface area contributed by atoms with Gasteiger partial charge in [-0.3, -0.25) is 4.79 Å². The van der Waals surface area contributed by atoms with Gasteiger partial charge in [-0.2, -0.15) is 0 Å². The van der Waals surface area contributed by atoms with Crippen LogP contribution in [0.4, 0.5) is 0 Å². The molecule has 0 aromatic heterocycles. The van der Waals surface area contributed by atoms with Crippen LogP contribution in [0.25, 0.3) is 0 Å². The molecule has 1 rings (SSSR count). The van der Waals surface area contributed by atoms with Crippen LogP contribution in [0.15, 0.2) is 24.3 Å². The van der Waals surface area contributed by atoms with Crippen LogP contribution in [0.2, 0.25) is 0 Å². The molecule has 0 fully saturated rings. The lowest BCUT2D eigenvalue weighted by atomic mass is 10.1. The summed E-state index contributed by atoms with van der Waals surface area (Å²) in [5.41, 5.74) is 5.40. The Morgan fingerprint density at radius 2 is 2.00 bits per heavy atom. The molecule has 0 saturated heterocycles. The molecule has 4 heteroatoms. The van der Waals surface area contributed by atoms with Crippen LogP contribution < -0.4 is 5.73 Å². The Bertz CT molecular complexity index is 454. The summed E-state index contributed by atoms with van der Waals surface area (Å²) in [6.45, 7) is 0. The number of amides is 1. The lowest BCUT2D eigenvalue weighted by molar-refractivity contribution is -0.117. The molecule has 0 bridgehead atoms. The summed E-state index contributed by atoms with van der Waals surface area (Å²) in [5.74, 6) is 3.53. The molecular weight excluding hydrogens is 194 g/mol. The molecule has 0 saturated carbocycles. The van der Waals surface area contributed by atoms with Gasteiger partial charge in [0.15, 0.2) is 0 Å². The molecule has 0 aliphatic rings. The zero-order chi connectivity index (χ0) is 11.3. The number of nitrogens with two attached hydrogens (primary N) is 1. The third-order valence-electron chi connectivity index (χ3n) is 1.64. The van der Waals surface area contributed by atoms with Crippen LogP contribution in [0.3, 0.4) is 0 Å². The van der Waals surface area contributed by atoms with Gasteiger partial charge >= 0.3 is 5.97 Å². The van der Waals surface area contributed by atoms with Crippen molar-refractivity contribution < 1.29 is 14.7 Å². The van der Waals surface area contributed by atoms with Crippen LogP contribution in [-0.4, -0.2) is 17.0 Å². The maximum atomic E-state index is 10.8. The minimum absolute atomic E-state index is 0.0754. The largest absolute Gasteiger partial charge is 0.478 e. The molecule has 0 atom stereocenters. The summed E-state index contributed by atoms with van der Waals surface area (Å²) in [7, 11) is 0. The predicted molar refractivity (Wildman–Crippen MR) is 54.1 cm³/mol. The van der Waals surface area contributed by atoms with Crippen molar-refractivity contribution in [2.75, 3.05) is 0 Å². The van der Waals surface area contributed by atoms with Crippen molar-refractivity contribution in [1.29, 1.82) is 0 Å². The van der Waals surface area contributed by atoms with E-state index in [1.54, 1.807) is 18.2 Å². The number of carboxylic acids is 1. The SMILES string of the molecule is NC(=O)CC#Cc1ccccc1C(=O)O. The molecule has 1 aromatic carbocycles. The minimum Gasteiger partial charge on any atom is -0.478 e. The molecule has 0 spiro atoms. The summed E-state index contributed by atoms with van der Waals surface area (Å²) in [4.78, 5) is 21.2. The second-order valence-corrected chi connectivity index (χ2v) is 2.80. The highest BCUT2D eigenvalue weighted by atomic mass is 16.4. The standard InChI is InChI=1S/C11H9NO3/c12-10(13)7-3-5-8-4-1-2-6-9(8)11(14)15/h1-2,4,6H,7H2,(H2,12,13)(H,14,15). The van der Waals surface area contributed by atoms with Crippen molar-refractivity contribution in [3.05, 3.63) is 35.4 Å². The monoisotopic (exact) mass is 203 g/mol. The van der Waals surface area contributed by atoms with Crippen molar-refractivity contribution in [3.63, 3.8) is 0 Å². The molecule has 4 nitrogen and oxygen atoms in total. The van der Waals surface area contributed by atoms with Crippen molar-refractivity contribution >= 4 is 11.9 Å². The molecule has 0 unspecified atom stereocenters. The van der Waals surface area contributed by atoms with Crippen LogP contribution in [-0.2, 0) is 4.79 Å². The number of hydrogen-bond donors (Lipinski definition) is 2. The van der Waals surface area contributed by atoms with Crippen molar-refractivity contribution in [1.82, 2.24) is 0 Å². The second-order valence-electron chi connectivity index (χ2n) is 2.80. The fourth-order valence-electron chi connectivity index (χ4n) is 1.01. The van der Waals surface area contributed by atoms with Gasteiger partial charge in [0, 0.05) is 5.56 Å². The summed E-state index contributed by atoms with van der Waals surface area (Å²) in [5, 5.41) is 8.81. The van der Waals surface area contributed by atoms with Crippen LogP contribution in [0, 0.1) is 11.8 Å². The van der Waals surface area contributed by atoms with Crippen molar-refractivity contribution in [3.8, 4) is 11.8 Å². The average molecular weight is 203 g/mol. The van der Waals surface area contributed by atoms with E-state index in [1.165, 1.54) is 6.07 Å². The highest BCUT2D eigenvalue weighted by Crippen LogP contribution is 2.06. The third-order valence-corrected chi connectivity index (χ3v) is 1.64. The number of benzene rings is 1. The Morgan fingerprint density at radius 3 is 2.60 bits per heavy atom. The average Bonchev–Trinajstić information content (AvgIpc) is 2.17. The van der Waals surface area contributed by atoms with E-state index in [9.17, 15) is 9.59 Å². The van der Waals surface area contributed by atoms with Crippen LogP contribution >= 0.6 is 0 Å². The Labute approximate surface area is 86.7 Å². The zero-order valence-corrected chi connectivity index (χ0v) is 7.86. The maximum absolute atomic E-state index is 10.8. The molecule has 3 N–H and O–H groups in total. The van der Waals surface area contributed by atoms with Gasteiger partial charge in [0.2, 0.25) is 5.91 Å². The van der Waals surface area contributed by atoms with Gasteiger partial charge < -0.3 is 10.8 Å². The molecule has 0 aliphatic carbocycles. The first-order valence-corrected chi connectivity index (χ1v) is 4.20. The summed E-state index contributed by atoms with van der Waals surface area (Å²) >= 11 is 0. The Kier molecular flexibility index (Phi) is 3.47. The first-order chi connectivity index (χ1) is 7.11. The number of primary amides is 1. The van der Waals surface area contributed by atoms with Gasteiger partial charge in [-0.1, -0.05) is 24.0 Å². The normalized spacial score (nSPS) is 8.80. The first-order valence-electron chi connectivity index (χ1n) is 4.20. The summed E-state index contributed by atoms with van der Waals surface area (Å²) in [6.07, 6.45) is -0.0754. The number of aromatic carboxylic acids is 1. The van der Waals surface area contributed by atoms with Crippen LogP contribution in [0.5, 0.6) is 0 Å². The zero-order valence-electron chi connectivity index (χ0n) is 7.86. The van der Waals surface area contributed by atoms with E-state index >= 15 is 0 Å². The fourth-order valence-corrected chi connectivity index (χ4v) is 1.01. The summed E-state index contributed by atoms with van der Waals surface area (Å²) < 4.78 is 0. The van der Waals surface area contributed by atoms with Gasteiger partial charge in [0.25, 0.3) is 0 Å². The Hall–Kier alpha value is -2.28. The first kappa shape index (κ1) is 10.8. The number of carbonyl (C=O) groups is 2. The van der Waals surface area contributed by atoms with Crippen LogP contribution in [0.1, 0.15) is 22.3 Å². The highest BCUT2D eigenvalue weighted by Gasteiger charge is 2.05. The van der Waals surface area contributed by atoms with Gasteiger partial charge in [0.05, 0.1) is 12.0 Å². The lowest BCUT2D eigenvalue weighted by Gasteiger charge is -1.96. The van der Waals surface area contributed by atoms with E-state index in [2.05, 4.69) is 11.8 Å². The number of rotatable bonds is 2. The molecular formula is C11H9NO3. The van der Waals surface area contributed by atoms with Gasteiger partial charge in [0.1, 0.15) is 0 Å². The van der Waals surface area contributed by atoms with E-state index < -0.39 is 11.9 Å². The quantitative estimate of drug-likeness (QED) is 0.691. The molecule has 1 aromatic rings. The van der Waals surface area contributed by atoms with E-state index in [4.69, 9.17) is 10.8 Å². The topological polar surface area (TPSA) is 80.4 Å². The third kappa shape index (κ3) is 3.16. The van der Waals surface area contributed by atoms with Crippen molar-refractivity contribution in [2.24, 2.45) is 5.73 Å². The maximum Gasteiger partial charge on any atom is 0.336 e. The van der Waals surface area contributed by atoms with Crippen molar-refractivity contribution in [2.45, 2.75) is 6.42 Å². The van der Waals surface area contributed by atoms with E-state index in [1.807, 2.05) is 0 Å². The number of carboxylic acid groups (broad SMARTS) is 1.